The Labute approximate surface area is 80.4 Å². The van der Waals surface area contributed by atoms with E-state index in [1.807, 2.05) is 0 Å². The number of rotatable bonds is 2. The SMILES string of the molecule is CN=C(N)c1ccc(N)c([N+](=O)[O-])c1. The van der Waals surface area contributed by atoms with Gasteiger partial charge in [-0.25, -0.2) is 0 Å². The van der Waals surface area contributed by atoms with Gasteiger partial charge in [0.2, 0.25) is 0 Å². The predicted octanol–water partition coefficient (Wildman–Crippen LogP) is 0.512. The number of amidine groups is 1. The maximum atomic E-state index is 10.5. The van der Waals surface area contributed by atoms with E-state index < -0.39 is 4.92 Å². The van der Waals surface area contributed by atoms with Crippen LogP contribution in [0.1, 0.15) is 5.56 Å². The molecule has 1 aromatic rings. The van der Waals surface area contributed by atoms with Crippen molar-refractivity contribution in [2.75, 3.05) is 12.8 Å². The zero-order valence-electron chi connectivity index (χ0n) is 7.60. The van der Waals surface area contributed by atoms with Crippen LogP contribution in [0.25, 0.3) is 0 Å². The minimum Gasteiger partial charge on any atom is -0.393 e. The highest BCUT2D eigenvalue weighted by molar-refractivity contribution is 5.98. The molecule has 1 rings (SSSR count). The van der Waals surface area contributed by atoms with Crippen molar-refractivity contribution < 1.29 is 4.92 Å². The van der Waals surface area contributed by atoms with Gasteiger partial charge in [-0.15, -0.1) is 0 Å². The molecule has 0 saturated carbocycles. The highest BCUT2D eigenvalue weighted by Gasteiger charge is 2.12. The molecule has 0 aliphatic carbocycles. The van der Waals surface area contributed by atoms with Crippen LogP contribution in [0.5, 0.6) is 0 Å². The number of nitrogens with zero attached hydrogens (tertiary/aromatic N) is 2. The van der Waals surface area contributed by atoms with Gasteiger partial charge in [-0.05, 0) is 12.1 Å². The van der Waals surface area contributed by atoms with Crippen LogP contribution in [-0.2, 0) is 0 Å². The lowest BCUT2D eigenvalue weighted by atomic mass is 10.1. The number of nitrogen functional groups attached to an aromatic ring is 1. The zero-order valence-corrected chi connectivity index (χ0v) is 7.60. The molecule has 6 heteroatoms. The Bertz CT molecular complexity index is 400. The Morgan fingerprint density at radius 1 is 1.57 bits per heavy atom. The van der Waals surface area contributed by atoms with E-state index in [1.54, 1.807) is 6.07 Å². The predicted molar refractivity (Wildman–Crippen MR) is 54.2 cm³/mol. The fourth-order valence-electron chi connectivity index (χ4n) is 0.990. The van der Waals surface area contributed by atoms with Gasteiger partial charge in [0.15, 0.2) is 0 Å². The van der Waals surface area contributed by atoms with Gasteiger partial charge < -0.3 is 11.5 Å². The monoisotopic (exact) mass is 194 g/mol. The van der Waals surface area contributed by atoms with E-state index in [9.17, 15) is 10.1 Å². The van der Waals surface area contributed by atoms with Gasteiger partial charge in [0.25, 0.3) is 5.69 Å². The van der Waals surface area contributed by atoms with Crippen LogP contribution in [0.3, 0.4) is 0 Å². The molecule has 74 valence electrons. The second kappa shape index (κ2) is 3.73. The highest BCUT2D eigenvalue weighted by Crippen LogP contribution is 2.21. The molecule has 0 saturated heterocycles. The summed E-state index contributed by atoms with van der Waals surface area (Å²) < 4.78 is 0. The molecule has 0 fully saturated rings. The number of nitrogens with two attached hydrogens (primary N) is 2. The quantitative estimate of drug-likeness (QED) is 0.235. The molecular weight excluding hydrogens is 184 g/mol. The van der Waals surface area contributed by atoms with Crippen molar-refractivity contribution in [3.63, 3.8) is 0 Å². The smallest absolute Gasteiger partial charge is 0.292 e. The van der Waals surface area contributed by atoms with Gasteiger partial charge in [-0.1, -0.05) is 0 Å². The van der Waals surface area contributed by atoms with Crippen LogP contribution in [0, 0.1) is 10.1 Å². The third-order valence-corrected chi connectivity index (χ3v) is 1.76. The summed E-state index contributed by atoms with van der Waals surface area (Å²) in [6.45, 7) is 0. The lowest BCUT2D eigenvalue weighted by Gasteiger charge is -2.01. The molecule has 4 N–H and O–H groups in total. The maximum Gasteiger partial charge on any atom is 0.292 e. The number of hydrogen-bond acceptors (Lipinski definition) is 4. The van der Waals surface area contributed by atoms with Gasteiger partial charge in [0, 0.05) is 18.7 Å². The number of nitro groups is 1. The average Bonchev–Trinajstić information content (AvgIpc) is 2.17. The molecule has 0 unspecified atom stereocenters. The van der Waals surface area contributed by atoms with Gasteiger partial charge >= 0.3 is 0 Å². The first-order valence-corrected chi connectivity index (χ1v) is 3.82. The van der Waals surface area contributed by atoms with Gasteiger partial charge in [-0.3, -0.25) is 15.1 Å². The number of hydrogen-bond donors (Lipinski definition) is 2. The second-order valence-electron chi connectivity index (χ2n) is 2.64. The summed E-state index contributed by atoms with van der Waals surface area (Å²) in [6, 6.07) is 4.33. The minimum absolute atomic E-state index is 0.114. The molecule has 0 aliphatic rings. The first-order valence-electron chi connectivity index (χ1n) is 3.82. The molecule has 0 atom stereocenters. The molecular formula is C8H10N4O2. The molecule has 0 bridgehead atoms. The summed E-state index contributed by atoms with van der Waals surface area (Å²) in [4.78, 5) is 13.7. The summed E-state index contributed by atoms with van der Waals surface area (Å²) in [5.74, 6) is 0.244. The van der Waals surface area contributed by atoms with Crippen LogP contribution in [-0.4, -0.2) is 17.8 Å². The van der Waals surface area contributed by atoms with Crippen LogP contribution < -0.4 is 11.5 Å². The van der Waals surface area contributed by atoms with Gasteiger partial charge in [0.05, 0.1) is 4.92 Å². The van der Waals surface area contributed by atoms with Crippen molar-refractivity contribution in [3.05, 3.63) is 33.9 Å². The molecule has 0 radical (unpaired) electrons. The zero-order chi connectivity index (χ0) is 10.7. The van der Waals surface area contributed by atoms with Crippen molar-refractivity contribution in [2.24, 2.45) is 10.7 Å². The Balaban J connectivity index is 3.26. The normalized spacial score (nSPS) is 11.4. The molecule has 0 spiro atoms. The van der Waals surface area contributed by atoms with Crippen molar-refractivity contribution in [1.82, 2.24) is 0 Å². The van der Waals surface area contributed by atoms with E-state index in [4.69, 9.17) is 11.5 Å². The van der Waals surface area contributed by atoms with E-state index in [0.717, 1.165) is 0 Å². The topological polar surface area (TPSA) is 108 Å². The maximum absolute atomic E-state index is 10.5. The van der Waals surface area contributed by atoms with Gasteiger partial charge in [-0.2, -0.15) is 0 Å². The first kappa shape index (κ1) is 9.97. The Morgan fingerprint density at radius 3 is 2.71 bits per heavy atom. The summed E-state index contributed by atoms with van der Waals surface area (Å²) in [5.41, 5.74) is 11.4. The third kappa shape index (κ3) is 1.79. The fraction of sp³-hybridized carbons (Fsp3) is 0.125. The first-order chi connectivity index (χ1) is 6.56. The molecule has 0 aromatic heterocycles. The van der Waals surface area contributed by atoms with Gasteiger partial charge in [0.1, 0.15) is 11.5 Å². The van der Waals surface area contributed by atoms with E-state index in [0.29, 0.717) is 5.56 Å². The summed E-state index contributed by atoms with van der Waals surface area (Å²) in [5, 5.41) is 10.5. The average molecular weight is 194 g/mol. The molecule has 6 nitrogen and oxygen atoms in total. The Hall–Kier alpha value is -2.11. The van der Waals surface area contributed by atoms with Crippen LogP contribution >= 0.6 is 0 Å². The lowest BCUT2D eigenvalue weighted by molar-refractivity contribution is -0.383. The Kier molecular flexibility index (Phi) is 2.66. The largest absolute Gasteiger partial charge is 0.393 e. The van der Waals surface area contributed by atoms with E-state index >= 15 is 0 Å². The van der Waals surface area contributed by atoms with Crippen LogP contribution in [0.2, 0.25) is 0 Å². The number of anilines is 1. The van der Waals surface area contributed by atoms with Crippen molar-refractivity contribution in [3.8, 4) is 0 Å². The third-order valence-electron chi connectivity index (χ3n) is 1.76. The fourth-order valence-corrected chi connectivity index (χ4v) is 0.990. The van der Waals surface area contributed by atoms with Crippen molar-refractivity contribution >= 4 is 17.2 Å². The number of benzene rings is 1. The molecule has 14 heavy (non-hydrogen) atoms. The Morgan fingerprint density at radius 2 is 2.21 bits per heavy atom. The highest BCUT2D eigenvalue weighted by atomic mass is 16.6. The number of nitro benzene ring substituents is 1. The number of aliphatic imine (C=N–C) groups is 1. The molecule has 1 aromatic carbocycles. The lowest BCUT2D eigenvalue weighted by Crippen LogP contribution is -2.13. The molecule has 0 amide bonds. The van der Waals surface area contributed by atoms with Crippen molar-refractivity contribution in [2.45, 2.75) is 0 Å². The molecule has 0 aliphatic heterocycles. The van der Waals surface area contributed by atoms with E-state index in [-0.39, 0.29) is 17.2 Å². The summed E-state index contributed by atoms with van der Waals surface area (Å²) in [6.07, 6.45) is 0. The summed E-state index contributed by atoms with van der Waals surface area (Å²) >= 11 is 0. The summed E-state index contributed by atoms with van der Waals surface area (Å²) in [7, 11) is 1.51. The standard InChI is InChI=1S/C8H10N4O2/c1-11-8(10)5-2-3-6(9)7(4-5)12(13)14/h2-4H,9H2,1H3,(H2,10,11). The van der Waals surface area contributed by atoms with Crippen LogP contribution in [0.15, 0.2) is 23.2 Å². The second-order valence-corrected chi connectivity index (χ2v) is 2.64. The van der Waals surface area contributed by atoms with Crippen LogP contribution in [0.4, 0.5) is 11.4 Å². The van der Waals surface area contributed by atoms with E-state index in [2.05, 4.69) is 4.99 Å². The van der Waals surface area contributed by atoms with E-state index in [1.165, 1.54) is 19.2 Å². The minimum atomic E-state index is -0.554. The molecule has 0 heterocycles. The van der Waals surface area contributed by atoms with Crippen molar-refractivity contribution in [1.29, 1.82) is 0 Å².